The second-order valence-corrected chi connectivity index (χ2v) is 6.88. The Morgan fingerprint density at radius 3 is 2.81 bits per heavy atom. The average molecular weight is 307 g/mol. The number of hydrogen-bond acceptors (Lipinski definition) is 4. The topological polar surface area (TPSA) is 67.2 Å². The number of hydrogen-bond donors (Lipinski definition) is 2. The molecule has 0 aliphatic carbocycles. The van der Waals surface area contributed by atoms with Crippen LogP contribution in [-0.2, 0) is 12.0 Å². The summed E-state index contributed by atoms with van der Waals surface area (Å²) in [6.07, 6.45) is 1.59. The summed E-state index contributed by atoms with van der Waals surface area (Å²) >= 11 is 1.56. The van der Waals surface area contributed by atoms with Gasteiger partial charge >= 0.3 is 6.03 Å². The van der Waals surface area contributed by atoms with Gasteiger partial charge in [0, 0.05) is 10.8 Å². The van der Waals surface area contributed by atoms with Gasteiger partial charge in [-0.25, -0.2) is 9.78 Å². The predicted molar refractivity (Wildman–Crippen MR) is 83.3 cm³/mol. The standard InChI is InChI=1S/C15H21N3O2S/c1-10(11-6-5-7-20-11)17-14(19)16-8-13-18-12(9-21-13)15(2,3)4/h5-7,9-10H,8H2,1-4H3,(H2,16,17,19). The molecule has 21 heavy (non-hydrogen) atoms. The fourth-order valence-electron chi connectivity index (χ4n) is 1.75. The van der Waals surface area contributed by atoms with Gasteiger partial charge in [-0.15, -0.1) is 11.3 Å². The van der Waals surface area contributed by atoms with Gasteiger partial charge in [0.05, 0.1) is 24.5 Å². The van der Waals surface area contributed by atoms with Gasteiger partial charge in [-0.3, -0.25) is 0 Å². The number of aromatic nitrogens is 1. The number of urea groups is 1. The van der Waals surface area contributed by atoms with E-state index >= 15 is 0 Å². The molecule has 0 aliphatic rings. The normalized spacial score (nSPS) is 13.0. The lowest BCUT2D eigenvalue weighted by atomic mass is 9.93. The van der Waals surface area contributed by atoms with Gasteiger partial charge in [0.2, 0.25) is 0 Å². The molecule has 0 bridgehead atoms. The van der Waals surface area contributed by atoms with Crippen molar-refractivity contribution in [2.45, 2.75) is 45.7 Å². The van der Waals surface area contributed by atoms with E-state index < -0.39 is 0 Å². The van der Waals surface area contributed by atoms with Crippen LogP contribution in [-0.4, -0.2) is 11.0 Å². The lowest BCUT2D eigenvalue weighted by Crippen LogP contribution is -2.36. The maximum atomic E-state index is 11.8. The molecule has 0 spiro atoms. The second-order valence-electron chi connectivity index (χ2n) is 5.94. The zero-order chi connectivity index (χ0) is 15.5. The molecule has 0 aromatic carbocycles. The monoisotopic (exact) mass is 307 g/mol. The first-order chi connectivity index (χ1) is 9.86. The molecule has 1 unspecified atom stereocenters. The largest absolute Gasteiger partial charge is 0.467 e. The zero-order valence-electron chi connectivity index (χ0n) is 12.8. The van der Waals surface area contributed by atoms with Crippen LogP contribution in [0.5, 0.6) is 0 Å². The molecule has 2 heterocycles. The number of nitrogens with one attached hydrogen (secondary N) is 2. The van der Waals surface area contributed by atoms with Crippen LogP contribution in [0.3, 0.4) is 0 Å². The second kappa shape index (κ2) is 6.30. The van der Waals surface area contributed by atoms with E-state index in [-0.39, 0.29) is 17.5 Å². The summed E-state index contributed by atoms with van der Waals surface area (Å²) in [6.45, 7) is 8.67. The van der Waals surface area contributed by atoms with Gasteiger partial charge in [-0.1, -0.05) is 20.8 Å². The van der Waals surface area contributed by atoms with Crippen LogP contribution < -0.4 is 10.6 Å². The van der Waals surface area contributed by atoms with E-state index in [1.807, 2.05) is 18.4 Å². The third-order valence-corrected chi connectivity index (χ3v) is 3.89. The summed E-state index contributed by atoms with van der Waals surface area (Å²) in [5, 5.41) is 8.58. The third-order valence-electron chi connectivity index (χ3n) is 3.04. The Hall–Kier alpha value is -1.82. The van der Waals surface area contributed by atoms with Crippen LogP contribution in [0.4, 0.5) is 4.79 Å². The molecule has 2 amide bonds. The number of carbonyl (C=O) groups excluding carboxylic acids is 1. The Morgan fingerprint density at radius 2 is 2.24 bits per heavy atom. The fraction of sp³-hybridized carbons (Fsp3) is 0.467. The Kier molecular flexibility index (Phi) is 4.67. The molecule has 0 aliphatic heterocycles. The van der Waals surface area contributed by atoms with Gasteiger partial charge in [0.25, 0.3) is 0 Å². The Labute approximate surface area is 128 Å². The first kappa shape index (κ1) is 15.6. The molecule has 0 radical (unpaired) electrons. The van der Waals surface area contributed by atoms with Crippen molar-refractivity contribution in [3.8, 4) is 0 Å². The number of amides is 2. The van der Waals surface area contributed by atoms with Gasteiger partial charge in [-0.2, -0.15) is 0 Å². The molecule has 5 nitrogen and oxygen atoms in total. The van der Waals surface area contributed by atoms with Gasteiger partial charge in [0.15, 0.2) is 0 Å². The smallest absolute Gasteiger partial charge is 0.315 e. The molecule has 2 aromatic heterocycles. The first-order valence-electron chi connectivity index (χ1n) is 6.89. The van der Waals surface area contributed by atoms with Crippen molar-refractivity contribution in [1.82, 2.24) is 15.6 Å². The summed E-state index contributed by atoms with van der Waals surface area (Å²) in [5.74, 6) is 0.731. The highest BCUT2D eigenvalue weighted by atomic mass is 32.1. The average Bonchev–Trinajstić information content (AvgIpc) is 3.07. The van der Waals surface area contributed by atoms with Crippen LogP contribution >= 0.6 is 11.3 Å². The van der Waals surface area contributed by atoms with Crippen molar-refractivity contribution in [1.29, 1.82) is 0 Å². The van der Waals surface area contributed by atoms with Crippen molar-refractivity contribution in [3.05, 3.63) is 40.2 Å². The molecular formula is C15H21N3O2S. The zero-order valence-corrected chi connectivity index (χ0v) is 13.6. The third kappa shape index (κ3) is 4.32. The van der Waals surface area contributed by atoms with E-state index in [0.29, 0.717) is 6.54 Å². The molecular weight excluding hydrogens is 286 g/mol. The number of carbonyl (C=O) groups is 1. The molecule has 6 heteroatoms. The lowest BCUT2D eigenvalue weighted by molar-refractivity contribution is 0.235. The minimum Gasteiger partial charge on any atom is -0.467 e. The molecule has 0 fully saturated rings. The van der Waals surface area contributed by atoms with Gasteiger partial charge in [0.1, 0.15) is 10.8 Å². The Balaban J connectivity index is 1.83. The number of thiazole rings is 1. The number of furan rings is 1. The fourth-order valence-corrected chi connectivity index (χ4v) is 2.71. The van der Waals surface area contributed by atoms with E-state index in [2.05, 4.69) is 36.4 Å². The van der Waals surface area contributed by atoms with Gasteiger partial charge in [-0.05, 0) is 19.1 Å². The van der Waals surface area contributed by atoms with Crippen molar-refractivity contribution in [2.75, 3.05) is 0 Å². The predicted octanol–water partition coefficient (Wildman–Crippen LogP) is 3.59. The minimum absolute atomic E-state index is 0.0325. The van der Waals surface area contributed by atoms with Crippen molar-refractivity contribution < 1.29 is 9.21 Å². The molecule has 114 valence electrons. The van der Waals surface area contributed by atoms with Crippen molar-refractivity contribution in [3.63, 3.8) is 0 Å². The summed E-state index contributed by atoms with van der Waals surface area (Å²) in [7, 11) is 0. The molecule has 0 saturated heterocycles. The van der Waals surface area contributed by atoms with E-state index in [1.54, 1.807) is 23.7 Å². The summed E-state index contributed by atoms with van der Waals surface area (Å²) in [6, 6.07) is 3.24. The van der Waals surface area contributed by atoms with Crippen LogP contribution in [0.2, 0.25) is 0 Å². The number of rotatable bonds is 4. The highest BCUT2D eigenvalue weighted by Crippen LogP contribution is 2.23. The summed E-state index contributed by atoms with van der Waals surface area (Å²) in [4.78, 5) is 16.4. The first-order valence-corrected chi connectivity index (χ1v) is 7.77. The van der Waals surface area contributed by atoms with E-state index in [0.717, 1.165) is 16.5 Å². The van der Waals surface area contributed by atoms with Crippen molar-refractivity contribution in [2.24, 2.45) is 0 Å². The quantitative estimate of drug-likeness (QED) is 0.907. The van der Waals surface area contributed by atoms with Gasteiger partial charge < -0.3 is 15.1 Å². The Morgan fingerprint density at radius 1 is 1.48 bits per heavy atom. The molecule has 2 aromatic rings. The summed E-state index contributed by atoms with van der Waals surface area (Å²) in [5.41, 5.74) is 1.08. The van der Waals surface area contributed by atoms with Crippen LogP contribution in [0, 0.1) is 0 Å². The van der Waals surface area contributed by atoms with Crippen LogP contribution in [0.25, 0.3) is 0 Å². The molecule has 2 N–H and O–H groups in total. The van der Waals surface area contributed by atoms with E-state index in [9.17, 15) is 4.79 Å². The molecule has 0 saturated carbocycles. The minimum atomic E-state index is -0.230. The van der Waals surface area contributed by atoms with Crippen LogP contribution in [0.15, 0.2) is 28.2 Å². The van der Waals surface area contributed by atoms with E-state index in [1.165, 1.54) is 0 Å². The summed E-state index contributed by atoms with van der Waals surface area (Å²) < 4.78 is 5.25. The Bertz CT molecular complexity index is 584. The SMILES string of the molecule is CC(NC(=O)NCc1nc(C(C)(C)C)cs1)c1ccco1. The lowest BCUT2D eigenvalue weighted by Gasteiger charge is -2.14. The number of nitrogens with zero attached hydrogens (tertiary/aromatic N) is 1. The highest BCUT2D eigenvalue weighted by molar-refractivity contribution is 7.09. The maximum absolute atomic E-state index is 11.8. The van der Waals surface area contributed by atoms with E-state index in [4.69, 9.17) is 4.42 Å². The molecule has 2 rings (SSSR count). The van der Waals surface area contributed by atoms with Crippen LogP contribution in [0.1, 0.15) is 50.2 Å². The van der Waals surface area contributed by atoms with Crippen molar-refractivity contribution >= 4 is 17.4 Å². The molecule has 1 atom stereocenters. The highest BCUT2D eigenvalue weighted by Gasteiger charge is 2.17. The maximum Gasteiger partial charge on any atom is 0.315 e.